The molecular formula is C9H14N4. The molecule has 13 heavy (non-hydrogen) atoms. The van der Waals surface area contributed by atoms with Crippen molar-refractivity contribution in [3.05, 3.63) is 12.1 Å². The summed E-state index contributed by atoms with van der Waals surface area (Å²) in [7, 11) is 0. The quantitative estimate of drug-likeness (QED) is 0.647. The zero-order chi connectivity index (χ0) is 9.26. The zero-order valence-corrected chi connectivity index (χ0v) is 7.46. The van der Waals surface area contributed by atoms with Crippen LogP contribution in [0.15, 0.2) is 12.1 Å². The van der Waals surface area contributed by atoms with Gasteiger partial charge in [0.1, 0.15) is 11.6 Å². The number of anilines is 3. The van der Waals surface area contributed by atoms with Crippen LogP contribution in [-0.4, -0.2) is 11.5 Å². The molecule has 1 aromatic heterocycles. The predicted molar refractivity (Wildman–Crippen MR) is 54.3 cm³/mol. The summed E-state index contributed by atoms with van der Waals surface area (Å²) in [6.07, 6.45) is 2.66. The Balaban J connectivity index is 1.98. The highest BCUT2D eigenvalue weighted by atomic mass is 15.0. The van der Waals surface area contributed by atoms with Crippen molar-refractivity contribution in [3.63, 3.8) is 0 Å². The Hall–Kier alpha value is -1.45. The van der Waals surface area contributed by atoms with Gasteiger partial charge in [-0.25, -0.2) is 4.98 Å². The van der Waals surface area contributed by atoms with E-state index in [1.54, 1.807) is 6.07 Å². The number of aromatic nitrogens is 1. The second-order valence-corrected chi connectivity index (χ2v) is 3.50. The Labute approximate surface area is 77.3 Å². The number of nitrogen functional groups attached to an aromatic ring is 2. The summed E-state index contributed by atoms with van der Waals surface area (Å²) < 4.78 is 0. The van der Waals surface area contributed by atoms with E-state index in [1.165, 1.54) is 12.8 Å². The van der Waals surface area contributed by atoms with Crippen molar-refractivity contribution in [1.82, 2.24) is 4.98 Å². The van der Waals surface area contributed by atoms with Gasteiger partial charge in [0.15, 0.2) is 0 Å². The molecule has 0 spiro atoms. The minimum Gasteiger partial charge on any atom is -0.396 e. The molecule has 1 fully saturated rings. The van der Waals surface area contributed by atoms with Gasteiger partial charge in [-0.05, 0) is 30.9 Å². The summed E-state index contributed by atoms with van der Waals surface area (Å²) in [5.74, 6) is 2.06. The number of nitrogens with two attached hydrogens (primary N) is 2. The number of hydrogen-bond donors (Lipinski definition) is 3. The highest BCUT2D eigenvalue weighted by Gasteiger charge is 2.20. The first-order valence-electron chi connectivity index (χ1n) is 4.51. The average Bonchev–Trinajstić information content (AvgIpc) is 2.91. The summed E-state index contributed by atoms with van der Waals surface area (Å²) in [4.78, 5) is 4.11. The van der Waals surface area contributed by atoms with Crippen molar-refractivity contribution in [1.29, 1.82) is 0 Å². The first-order valence-corrected chi connectivity index (χ1v) is 4.51. The SMILES string of the molecule is Nc1ccc(NCC2CC2)nc1N. The van der Waals surface area contributed by atoms with Crippen LogP contribution < -0.4 is 16.8 Å². The molecular weight excluding hydrogens is 164 g/mol. The topological polar surface area (TPSA) is 77.0 Å². The molecule has 1 aliphatic rings. The summed E-state index contributed by atoms with van der Waals surface area (Å²) in [6, 6.07) is 3.63. The van der Waals surface area contributed by atoms with Gasteiger partial charge in [-0.2, -0.15) is 0 Å². The maximum absolute atomic E-state index is 5.57. The highest BCUT2D eigenvalue weighted by molar-refractivity contribution is 5.61. The molecule has 1 saturated carbocycles. The van der Waals surface area contributed by atoms with Crippen LogP contribution in [0.4, 0.5) is 17.3 Å². The largest absolute Gasteiger partial charge is 0.396 e. The summed E-state index contributed by atoms with van der Waals surface area (Å²) in [6.45, 7) is 0.996. The van der Waals surface area contributed by atoms with Gasteiger partial charge in [0.05, 0.1) is 5.69 Å². The van der Waals surface area contributed by atoms with E-state index < -0.39 is 0 Å². The van der Waals surface area contributed by atoms with Gasteiger partial charge < -0.3 is 16.8 Å². The van der Waals surface area contributed by atoms with Crippen LogP contribution in [0.2, 0.25) is 0 Å². The number of nitrogens with one attached hydrogen (secondary N) is 1. The highest BCUT2D eigenvalue weighted by Crippen LogP contribution is 2.28. The summed E-state index contributed by atoms with van der Waals surface area (Å²) in [5.41, 5.74) is 11.6. The van der Waals surface area contributed by atoms with Crippen LogP contribution >= 0.6 is 0 Å². The van der Waals surface area contributed by atoms with Crippen LogP contribution in [0.5, 0.6) is 0 Å². The van der Waals surface area contributed by atoms with E-state index in [1.807, 2.05) is 6.07 Å². The van der Waals surface area contributed by atoms with Gasteiger partial charge in [-0.15, -0.1) is 0 Å². The maximum atomic E-state index is 5.57. The fourth-order valence-electron chi connectivity index (χ4n) is 1.16. The Bertz CT molecular complexity index is 306. The Morgan fingerprint density at radius 1 is 1.38 bits per heavy atom. The monoisotopic (exact) mass is 178 g/mol. The van der Waals surface area contributed by atoms with Gasteiger partial charge in [-0.3, -0.25) is 0 Å². The molecule has 0 aliphatic heterocycles. The molecule has 0 saturated heterocycles. The van der Waals surface area contributed by atoms with E-state index in [0.29, 0.717) is 11.5 Å². The van der Waals surface area contributed by atoms with Crippen LogP contribution in [-0.2, 0) is 0 Å². The second kappa shape index (κ2) is 3.12. The van der Waals surface area contributed by atoms with Crippen molar-refractivity contribution in [2.45, 2.75) is 12.8 Å². The lowest BCUT2D eigenvalue weighted by Gasteiger charge is -2.05. The van der Waals surface area contributed by atoms with Crippen molar-refractivity contribution >= 4 is 17.3 Å². The number of nitrogens with zero attached hydrogens (tertiary/aromatic N) is 1. The smallest absolute Gasteiger partial charge is 0.149 e. The van der Waals surface area contributed by atoms with E-state index in [0.717, 1.165) is 18.3 Å². The summed E-state index contributed by atoms with van der Waals surface area (Å²) in [5, 5.41) is 3.23. The van der Waals surface area contributed by atoms with Gasteiger partial charge in [0.25, 0.3) is 0 Å². The summed E-state index contributed by atoms with van der Waals surface area (Å²) >= 11 is 0. The Morgan fingerprint density at radius 2 is 2.15 bits per heavy atom. The van der Waals surface area contributed by atoms with Crippen molar-refractivity contribution in [3.8, 4) is 0 Å². The average molecular weight is 178 g/mol. The minimum atomic E-state index is 0.404. The zero-order valence-electron chi connectivity index (χ0n) is 7.46. The normalized spacial score (nSPS) is 15.7. The lowest BCUT2D eigenvalue weighted by atomic mass is 10.3. The standard InChI is InChI=1S/C9H14N4/c10-7-3-4-8(13-9(7)11)12-5-6-1-2-6/h3-4,6H,1-2,5,10H2,(H3,11,12,13). The molecule has 0 aromatic carbocycles. The van der Waals surface area contributed by atoms with E-state index >= 15 is 0 Å². The fraction of sp³-hybridized carbons (Fsp3) is 0.444. The van der Waals surface area contributed by atoms with E-state index in [4.69, 9.17) is 11.5 Å². The third kappa shape index (κ3) is 2.02. The lowest BCUT2D eigenvalue weighted by Crippen LogP contribution is -2.07. The molecule has 2 rings (SSSR count). The molecule has 1 heterocycles. The molecule has 5 N–H and O–H groups in total. The second-order valence-electron chi connectivity index (χ2n) is 3.50. The van der Waals surface area contributed by atoms with E-state index in [-0.39, 0.29) is 0 Å². The first-order chi connectivity index (χ1) is 6.25. The van der Waals surface area contributed by atoms with Crippen LogP contribution in [0.1, 0.15) is 12.8 Å². The third-order valence-electron chi connectivity index (χ3n) is 2.23. The minimum absolute atomic E-state index is 0.404. The van der Waals surface area contributed by atoms with Crippen LogP contribution in [0.3, 0.4) is 0 Å². The fourth-order valence-corrected chi connectivity index (χ4v) is 1.16. The molecule has 1 aromatic rings. The molecule has 0 amide bonds. The van der Waals surface area contributed by atoms with Crippen molar-refractivity contribution < 1.29 is 0 Å². The Morgan fingerprint density at radius 3 is 2.77 bits per heavy atom. The Kier molecular flexibility index (Phi) is 1.96. The van der Waals surface area contributed by atoms with Gasteiger partial charge in [0.2, 0.25) is 0 Å². The number of pyridine rings is 1. The predicted octanol–water partition coefficient (Wildman–Crippen LogP) is 1.07. The molecule has 0 atom stereocenters. The number of hydrogen-bond acceptors (Lipinski definition) is 4. The van der Waals surface area contributed by atoms with Crippen molar-refractivity contribution in [2.75, 3.05) is 23.3 Å². The molecule has 0 unspecified atom stereocenters. The van der Waals surface area contributed by atoms with E-state index in [9.17, 15) is 0 Å². The van der Waals surface area contributed by atoms with Gasteiger partial charge in [0, 0.05) is 6.54 Å². The molecule has 70 valence electrons. The first kappa shape index (κ1) is 8.16. The number of rotatable bonds is 3. The third-order valence-corrected chi connectivity index (χ3v) is 2.23. The van der Waals surface area contributed by atoms with Crippen LogP contribution in [0, 0.1) is 5.92 Å². The van der Waals surface area contributed by atoms with Gasteiger partial charge >= 0.3 is 0 Å². The van der Waals surface area contributed by atoms with Crippen LogP contribution in [0.25, 0.3) is 0 Å². The van der Waals surface area contributed by atoms with Crippen molar-refractivity contribution in [2.24, 2.45) is 5.92 Å². The lowest BCUT2D eigenvalue weighted by molar-refractivity contribution is 0.883. The maximum Gasteiger partial charge on any atom is 0.149 e. The molecule has 4 nitrogen and oxygen atoms in total. The van der Waals surface area contributed by atoms with Gasteiger partial charge in [-0.1, -0.05) is 0 Å². The molecule has 0 radical (unpaired) electrons. The van der Waals surface area contributed by atoms with E-state index in [2.05, 4.69) is 10.3 Å². The molecule has 0 bridgehead atoms. The molecule has 4 heteroatoms. The molecule has 1 aliphatic carbocycles.